The monoisotopic (exact) mass is 344 g/mol. The van der Waals surface area contributed by atoms with E-state index >= 15 is 0 Å². The fourth-order valence-corrected chi connectivity index (χ4v) is 4.94. The summed E-state index contributed by atoms with van der Waals surface area (Å²) in [5, 5.41) is 10.0. The van der Waals surface area contributed by atoms with Gasteiger partial charge in [0.15, 0.2) is 0 Å². The van der Waals surface area contributed by atoms with Crippen LogP contribution in [-0.2, 0) is 10.3 Å². The number of nitrogens with zero attached hydrogens (tertiary/aromatic N) is 2. The molecular formula is C21H32N2O2. The zero-order valence-electron chi connectivity index (χ0n) is 15.5. The Morgan fingerprint density at radius 1 is 1.16 bits per heavy atom. The first kappa shape index (κ1) is 17.3. The van der Waals surface area contributed by atoms with E-state index < -0.39 is 0 Å². The second kappa shape index (κ2) is 7.26. The third-order valence-electron chi connectivity index (χ3n) is 6.69. The molecule has 138 valence electrons. The number of benzene rings is 1. The van der Waals surface area contributed by atoms with Crippen LogP contribution < -0.4 is 0 Å². The number of rotatable bonds is 5. The molecule has 0 unspecified atom stereocenters. The predicted molar refractivity (Wildman–Crippen MR) is 99.8 cm³/mol. The lowest BCUT2D eigenvalue weighted by molar-refractivity contribution is -0.0163. The topological polar surface area (TPSA) is 35.9 Å². The van der Waals surface area contributed by atoms with Gasteiger partial charge in [0.25, 0.3) is 0 Å². The Hall–Kier alpha value is -1.10. The quantitative estimate of drug-likeness (QED) is 0.890. The van der Waals surface area contributed by atoms with Crippen molar-refractivity contribution in [1.29, 1.82) is 0 Å². The third kappa shape index (κ3) is 3.71. The first-order valence-corrected chi connectivity index (χ1v) is 10.00. The Morgan fingerprint density at radius 3 is 2.52 bits per heavy atom. The van der Waals surface area contributed by atoms with E-state index in [-0.39, 0.29) is 5.54 Å². The van der Waals surface area contributed by atoms with Crippen LogP contribution >= 0.6 is 0 Å². The van der Waals surface area contributed by atoms with Gasteiger partial charge < -0.3 is 9.84 Å². The van der Waals surface area contributed by atoms with Crippen molar-refractivity contribution in [2.24, 2.45) is 5.92 Å². The molecule has 3 aliphatic rings. The summed E-state index contributed by atoms with van der Waals surface area (Å²) in [6, 6.07) is 8.71. The van der Waals surface area contributed by atoms with Crippen molar-refractivity contribution in [3.05, 3.63) is 29.8 Å². The molecule has 1 heterocycles. The Balaban J connectivity index is 1.52. The molecular weight excluding hydrogens is 312 g/mol. The highest BCUT2D eigenvalue weighted by Gasteiger charge is 2.43. The molecule has 1 aromatic rings. The summed E-state index contributed by atoms with van der Waals surface area (Å²) in [6.45, 7) is 5.13. The van der Waals surface area contributed by atoms with Gasteiger partial charge in [-0.05, 0) is 69.2 Å². The van der Waals surface area contributed by atoms with E-state index in [9.17, 15) is 5.11 Å². The standard InChI is InChI=1S/C21H32N2O2/c1-22(16-17-5-6-17)21(18-3-2-4-20(24)15-18)9-7-19(8-10-21)23-11-13-25-14-12-23/h2-4,15,17,19,24H,5-14,16H2,1H3. The Labute approximate surface area is 151 Å². The van der Waals surface area contributed by atoms with E-state index in [1.807, 2.05) is 12.1 Å². The summed E-state index contributed by atoms with van der Waals surface area (Å²) in [7, 11) is 2.30. The highest BCUT2D eigenvalue weighted by Crippen LogP contribution is 2.45. The van der Waals surface area contributed by atoms with Gasteiger partial charge in [-0.1, -0.05) is 12.1 Å². The maximum Gasteiger partial charge on any atom is 0.115 e. The number of morpholine rings is 1. The van der Waals surface area contributed by atoms with E-state index in [1.165, 1.54) is 50.6 Å². The van der Waals surface area contributed by atoms with Crippen molar-refractivity contribution in [1.82, 2.24) is 9.80 Å². The summed E-state index contributed by atoms with van der Waals surface area (Å²) in [4.78, 5) is 5.24. The summed E-state index contributed by atoms with van der Waals surface area (Å²) < 4.78 is 5.53. The van der Waals surface area contributed by atoms with E-state index in [1.54, 1.807) is 6.07 Å². The van der Waals surface area contributed by atoms with Gasteiger partial charge in [-0.3, -0.25) is 9.80 Å². The normalized spacial score (nSPS) is 31.4. The van der Waals surface area contributed by atoms with Crippen LogP contribution in [-0.4, -0.2) is 60.8 Å². The van der Waals surface area contributed by atoms with Crippen molar-refractivity contribution in [3.63, 3.8) is 0 Å². The van der Waals surface area contributed by atoms with Gasteiger partial charge >= 0.3 is 0 Å². The predicted octanol–water partition coefficient (Wildman–Crippen LogP) is 3.20. The van der Waals surface area contributed by atoms with Crippen molar-refractivity contribution in [2.75, 3.05) is 39.9 Å². The lowest BCUT2D eigenvalue weighted by atomic mass is 9.73. The molecule has 4 heteroatoms. The summed E-state index contributed by atoms with van der Waals surface area (Å²) in [5.41, 5.74) is 1.39. The van der Waals surface area contributed by atoms with Crippen LogP contribution in [0.3, 0.4) is 0 Å². The minimum absolute atomic E-state index is 0.0874. The Kier molecular flexibility index (Phi) is 5.03. The number of hydrogen-bond donors (Lipinski definition) is 1. The van der Waals surface area contributed by atoms with Crippen LogP contribution in [0.25, 0.3) is 0 Å². The average Bonchev–Trinajstić information content (AvgIpc) is 3.46. The van der Waals surface area contributed by atoms with Crippen LogP contribution in [0.15, 0.2) is 24.3 Å². The molecule has 1 saturated heterocycles. The van der Waals surface area contributed by atoms with Gasteiger partial charge in [0.1, 0.15) is 5.75 Å². The second-order valence-corrected chi connectivity index (χ2v) is 8.29. The summed E-state index contributed by atoms with van der Waals surface area (Å²) in [6.07, 6.45) is 7.62. The molecule has 4 nitrogen and oxygen atoms in total. The molecule has 0 aromatic heterocycles. The van der Waals surface area contributed by atoms with Crippen LogP contribution in [0, 0.1) is 5.92 Å². The summed E-state index contributed by atoms with van der Waals surface area (Å²) >= 11 is 0. The zero-order valence-corrected chi connectivity index (χ0v) is 15.5. The van der Waals surface area contributed by atoms with E-state index in [0.717, 1.165) is 32.2 Å². The maximum atomic E-state index is 10.0. The largest absolute Gasteiger partial charge is 0.508 e. The van der Waals surface area contributed by atoms with Crippen molar-refractivity contribution in [2.45, 2.75) is 50.1 Å². The van der Waals surface area contributed by atoms with E-state index in [0.29, 0.717) is 11.8 Å². The lowest BCUT2D eigenvalue weighted by Crippen LogP contribution is -2.52. The number of phenolic OH excluding ortho intramolecular Hbond substituents is 1. The Morgan fingerprint density at radius 2 is 1.88 bits per heavy atom. The minimum atomic E-state index is 0.0874. The number of hydrogen-bond acceptors (Lipinski definition) is 4. The Bertz CT molecular complexity index is 573. The van der Waals surface area contributed by atoms with Gasteiger partial charge in [0.05, 0.1) is 13.2 Å². The molecule has 0 amide bonds. The molecule has 0 radical (unpaired) electrons. The van der Waals surface area contributed by atoms with Crippen molar-refractivity contribution < 1.29 is 9.84 Å². The minimum Gasteiger partial charge on any atom is -0.508 e. The van der Waals surface area contributed by atoms with Crippen LogP contribution in [0.2, 0.25) is 0 Å². The fraction of sp³-hybridized carbons (Fsp3) is 0.714. The van der Waals surface area contributed by atoms with Crippen LogP contribution in [0.1, 0.15) is 44.1 Å². The second-order valence-electron chi connectivity index (χ2n) is 8.29. The van der Waals surface area contributed by atoms with Crippen molar-refractivity contribution in [3.8, 4) is 5.75 Å². The average molecular weight is 344 g/mol. The SMILES string of the molecule is CN(CC1CC1)C1(c2cccc(O)c2)CCC(N2CCOCC2)CC1. The molecule has 1 aliphatic heterocycles. The van der Waals surface area contributed by atoms with E-state index in [2.05, 4.69) is 22.9 Å². The number of phenols is 1. The van der Waals surface area contributed by atoms with Gasteiger partial charge in [0.2, 0.25) is 0 Å². The lowest BCUT2D eigenvalue weighted by Gasteiger charge is -2.49. The molecule has 25 heavy (non-hydrogen) atoms. The van der Waals surface area contributed by atoms with Gasteiger partial charge in [-0.25, -0.2) is 0 Å². The van der Waals surface area contributed by atoms with Crippen LogP contribution in [0.4, 0.5) is 0 Å². The first-order chi connectivity index (χ1) is 12.2. The molecule has 4 rings (SSSR count). The molecule has 0 spiro atoms. The summed E-state index contributed by atoms with van der Waals surface area (Å²) in [5.74, 6) is 1.28. The van der Waals surface area contributed by atoms with Gasteiger partial charge in [-0.2, -0.15) is 0 Å². The molecule has 2 saturated carbocycles. The number of ether oxygens (including phenoxy) is 1. The van der Waals surface area contributed by atoms with Crippen molar-refractivity contribution >= 4 is 0 Å². The zero-order chi connectivity index (χ0) is 17.3. The van der Waals surface area contributed by atoms with Gasteiger partial charge in [-0.15, -0.1) is 0 Å². The smallest absolute Gasteiger partial charge is 0.115 e. The molecule has 0 bridgehead atoms. The first-order valence-electron chi connectivity index (χ1n) is 10.00. The molecule has 0 atom stereocenters. The molecule has 1 aromatic carbocycles. The molecule has 2 aliphatic carbocycles. The fourth-order valence-electron chi connectivity index (χ4n) is 4.94. The van der Waals surface area contributed by atoms with Gasteiger partial charge in [0, 0.05) is 31.2 Å². The highest BCUT2D eigenvalue weighted by molar-refractivity contribution is 5.33. The van der Waals surface area contributed by atoms with E-state index in [4.69, 9.17) is 4.74 Å². The maximum absolute atomic E-state index is 10.0. The highest BCUT2D eigenvalue weighted by atomic mass is 16.5. The molecule has 3 fully saturated rings. The van der Waals surface area contributed by atoms with Crippen LogP contribution in [0.5, 0.6) is 5.75 Å². The number of aromatic hydroxyl groups is 1. The third-order valence-corrected chi connectivity index (χ3v) is 6.69. The molecule has 1 N–H and O–H groups in total.